The molecule has 0 fully saturated rings. The quantitative estimate of drug-likeness (QED) is 0.169. The van der Waals surface area contributed by atoms with Crippen LogP contribution in [0.15, 0.2) is 170 Å². The lowest BCUT2D eigenvalue weighted by atomic mass is 9.72. The molecule has 6 aromatic rings. The van der Waals surface area contributed by atoms with Gasteiger partial charge in [0.2, 0.25) is 0 Å². The van der Waals surface area contributed by atoms with Gasteiger partial charge in [-0.2, -0.15) is 0 Å². The average molecular weight is 567 g/mol. The summed E-state index contributed by atoms with van der Waals surface area (Å²) in [4.78, 5) is 2.43. The third-order valence-electron chi connectivity index (χ3n) is 9.50. The number of nitrogens with zero attached hydrogens (tertiary/aromatic N) is 1. The van der Waals surface area contributed by atoms with Crippen LogP contribution in [0.5, 0.6) is 0 Å². The highest BCUT2D eigenvalue weighted by atomic mass is 15.2. The lowest BCUT2D eigenvalue weighted by Gasteiger charge is -2.47. The zero-order chi connectivity index (χ0) is 29.5. The lowest BCUT2D eigenvalue weighted by molar-refractivity contribution is 0.425. The average Bonchev–Trinajstić information content (AvgIpc) is 3.23. The summed E-state index contributed by atoms with van der Waals surface area (Å²) >= 11 is 0. The molecule has 0 radical (unpaired) electrons. The van der Waals surface area contributed by atoms with Gasteiger partial charge in [0.15, 0.2) is 0 Å². The molecule has 0 bridgehead atoms. The smallest absolute Gasteiger partial charge is 0.0734 e. The van der Waals surface area contributed by atoms with Crippen LogP contribution < -0.4 is 10.2 Å². The minimum Gasteiger partial charge on any atom is -0.355 e. The van der Waals surface area contributed by atoms with Crippen molar-refractivity contribution in [1.29, 1.82) is 0 Å². The van der Waals surface area contributed by atoms with Crippen LogP contribution in [-0.2, 0) is 0 Å². The second-order valence-corrected chi connectivity index (χ2v) is 12.0. The Morgan fingerprint density at radius 1 is 0.659 bits per heavy atom. The molecule has 6 aromatic carbocycles. The van der Waals surface area contributed by atoms with Crippen molar-refractivity contribution in [3.8, 4) is 0 Å². The number of para-hydroxylation sites is 2. The standard InChI is InChI=1S/C42H34N2/c1-30-14-11-12-27-44(33-16-3-2-4-17-33)42(30)26-13-15-31(29-42)34-18-9-10-23-41(34)43-32-24-25-39-37-21-6-5-19-35(37)36-20-7-8-22-38(36)40(39)28-32/h2-25,27-28,31,43H,1,26,29H2. The highest BCUT2D eigenvalue weighted by molar-refractivity contribution is 6.25. The van der Waals surface area contributed by atoms with Crippen LogP contribution in [0.25, 0.3) is 32.3 Å². The first-order valence-corrected chi connectivity index (χ1v) is 15.5. The number of hydrogen-bond acceptors (Lipinski definition) is 2. The molecule has 1 N–H and O–H groups in total. The Morgan fingerprint density at radius 3 is 2.05 bits per heavy atom. The highest BCUT2D eigenvalue weighted by Gasteiger charge is 2.42. The highest BCUT2D eigenvalue weighted by Crippen LogP contribution is 2.47. The van der Waals surface area contributed by atoms with E-state index >= 15 is 0 Å². The van der Waals surface area contributed by atoms with Crippen LogP contribution in [0.2, 0.25) is 0 Å². The van der Waals surface area contributed by atoms with Crippen molar-refractivity contribution in [2.24, 2.45) is 0 Å². The third-order valence-corrected chi connectivity index (χ3v) is 9.50. The summed E-state index contributed by atoms with van der Waals surface area (Å²) in [6.45, 7) is 4.60. The zero-order valence-electron chi connectivity index (χ0n) is 24.7. The van der Waals surface area contributed by atoms with Gasteiger partial charge in [0.1, 0.15) is 0 Å². The van der Waals surface area contributed by atoms with Crippen molar-refractivity contribution in [3.05, 3.63) is 176 Å². The molecule has 2 aliphatic rings. The predicted molar refractivity (Wildman–Crippen MR) is 189 cm³/mol. The van der Waals surface area contributed by atoms with Gasteiger partial charge < -0.3 is 10.2 Å². The maximum absolute atomic E-state index is 4.60. The number of benzene rings is 6. The normalized spacial score (nSPS) is 19.7. The number of hydrogen-bond donors (Lipinski definition) is 1. The van der Waals surface area contributed by atoms with Crippen molar-refractivity contribution >= 4 is 49.4 Å². The first-order chi connectivity index (χ1) is 21.7. The first kappa shape index (κ1) is 26.3. The van der Waals surface area contributed by atoms with Crippen molar-refractivity contribution in [1.82, 2.24) is 0 Å². The SMILES string of the molecule is C=C1C=CC=CN(c2ccccc2)C12CC=CC(c1ccccc1Nc1ccc3c4ccccc4c4ccccc4c3c1)C2. The number of anilines is 3. The van der Waals surface area contributed by atoms with Gasteiger partial charge in [-0.3, -0.25) is 0 Å². The molecular formula is C42H34N2. The van der Waals surface area contributed by atoms with Gasteiger partial charge in [-0.1, -0.05) is 122 Å². The van der Waals surface area contributed by atoms with E-state index in [1.807, 2.05) is 0 Å². The van der Waals surface area contributed by atoms with Crippen LogP contribution in [0.3, 0.4) is 0 Å². The van der Waals surface area contributed by atoms with Crippen LogP contribution in [-0.4, -0.2) is 5.54 Å². The molecule has 2 unspecified atom stereocenters. The van der Waals surface area contributed by atoms with E-state index in [2.05, 4.69) is 175 Å². The largest absolute Gasteiger partial charge is 0.355 e. The van der Waals surface area contributed by atoms with Gasteiger partial charge >= 0.3 is 0 Å². The minimum absolute atomic E-state index is 0.223. The fourth-order valence-electron chi connectivity index (χ4n) is 7.37. The van der Waals surface area contributed by atoms with Gasteiger partial charge in [-0.25, -0.2) is 0 Å². The number of allylic oxidation sites excluding steroid dienone is 3. The van der Waals surface area contributed by atoms with E-state index in [-0.39, 0.29) is 11.5 Å². The fraction of sp³-hybridized carbons (Fsp3) is 0.0952. The van der Waals surface area contributed by atoms with Gasteiger partial charge in [0.05, 0.1) is 5.54 Å². The molecule has 212 valence electrons. The van der Waals surface area contributed by atoms with Gasteiger partial charge in [-0.05, 0) is 92.7 Å². The summed E-state index contributed by atoms with van der Waals surface area (Å²) in [7, 11) is 0. The summed E-state index contributed by atoms with van der Waals surface area (Å²) < 4.78 is 0. The Bertz CT molecular complexity index is 2100. The summed E-state index contributed by atoms with van der Waals surface area (Å²) in [5, 5.41) is 11.6. The molecule has 2 nitrogen and oxygen atoms in total. The second kappa shape index (κ2) is 10.7. The van der Waals surface area contributed by atoms with Gasteiger partial charge in [-0.15, -0.1) is 0 Å². The Labute approximate surface area is 259 Å². The van der Waals surface area contributed by atoms with E-state index in [0.29, 0.717) is 0 Å². The Kier molecular flexibility index (Phi) is 6.42. The summed E-state index contributed by atoms with van der Waals surface area (Å²) in [6, 6.07) is 43.8. The fourth-order valence-corrected chi connectivity index (χ4v) is 7.37. The molecule has 0 amide bonds. The van der Waals surface area contributed by atoms with Crippen LogP contribution in [0.1, 0.15) is 24.3 Å². The summed E-state index contributed by atoms with van der Waals surface area (Å²) in [5.41, 5.74) is 5.60. The molecule has 2 heteroatoms. The Morgan fingerprint density at radius 2 is 1.30 bits per heavy atom. The Balaban J connectivity index is 1.19. The van der Waals surface area contributed by atoms with Crippen LogP contribution in [0.4, 0.5) is 17.1 Å². The number of nitrogens with one attached hydrogen (secondary N) is 1. The molecule has 0 saturated carbocycles. The summed E-state index contributed by atoms with van der Waals surface area (Å²) in [5.74, 6) is 0.223. The maximum Gasteiger partial charge on any atom is 0.0734 e. The number of fused-ring (bicyclic) bond motifs is 6. The predicted octanol–water partition coefficient (Wildman–Crippen LogP) is 11.2. The van der Waals surface area contributed by atoms with Gasteiger partial charge in [0, 0.05) is 29.2 Å². The maximum atomic E-state index is 4.60. The summed E-state index contributed by atoms with van der Waals surface area (Å²) in [6.07, 6.45) is 15.2. The molecule has 8 rings (SSSR count). The molecule has 0 saturated heterocycles. The van der Waals surface area contributed by atoms with Gasteiger partial charge in [0.25, 0.3) is 0 Å². The van der Waals surface area contributed by atoms with E-state index in [1.165, 1.54) is 43.6 Å². The minimum atomic E-state index is -0.250. The van der Waals surface area contributed by atoms with Crippen molar-refractivity contribution < 1.29 is 0 Å². The molecule has 44 heavy (non-hydrogen) atoms. The van der Waals surface area contributed by atoms with E-state index < -0.39 is 0 Å². The van der Waals surface area contributed by atoms with Crippen molar-refractivity contribution in [2.75, 3.05) is 10.2 Å². The third kappa shape index (κ3) is 4.34. The van der Waals surface area contributed by atoms with E-state index in [0.717, 1.165) is 29.8 Å². The van der Waals surface area contributed by atoms with Crippen LogP contribution in [0, 0.1) is 0 Å². The molecular weight excluding hydrogens is 532 g/mol. The van der Waals surface area contributed by atoms with Crippen LogP contribution >= 0.6 is 0 Å². The van der Waals surface area contributed by atoms with Crippen molar-refractivity contribution in [3.63, 3.8) is 0 Å². The molecule has 1 heterocycles. The topological polar surface area (TPSA) is 15.3 Å². The molecule has 0 aromatic heterocycles. The first-order valence-electron chi connectivity index (χ1n) is 15.5. The Hall–Kier alpha value is -5.34. The number of rotatable bonds is 4. The molecule has 1 spiro atoms. The molecule has 1 aliphatic heterocycles. The second-order valence-electron chi connectivity index (χ2n) is 12.0. The lowest BCUT2D eigenvalue weighted by Crippen LogP contribution is -2.48. The van der Waals surface area contributed by atoms with E-state index in [9.17, 15) is 0 Å². The zero-order valence-corrected chi connectivity index (χ0v) is 24.7. The van der Waals surface area contributed by atoms with E-state index in [4.69, 9.17) is 0 Å². The monoisotopic (exact) mass is 566 g/mol. The van der Waals surface area contributed by atoms with Crippen molar-refractivity contribution in [2.45, 2.75) is 24.3 Å². The van der Waals surface area contributed by atoms with E-state index in [1.54, 1.807) is 0 Å². The molecule has 1 aliphatic carbocycles. The molecule has 2 atom stereocenters.